The predicted molar refractivity (Wildman–Crippen MR) is 74.7 cm³/mol. The second-order valence-corrected chi connectivity index (χ2v) is 5.43. The summed E-state index contributed by atoms with van der Waals surface area (Å²) in [4.78, 5) is 10.2. The molecular weight excluding hydrogens is 247 g/mol. The lowest BCUT2D eigenvalue weighted by molar-refractivity contribution is -0.386. The summed E-state index contributed by atoms with van der Waals surface area (Å²) >= 11 is 0. The number of nitrogens with zero attached hydrogens (tertiary/aromatic N) is 1. The van der Waals surface area contributed by atoms with Crippen molar-refractivity contribution in [1.82, 2.24) is 0 Å². The van der Waals surface area contributed by atoms with Crippen LogP contribution in [0.15, 0.2) is 18.2 Å². The summed E-state index contributed by atoms with van der Waals surface area (Å²) < 4.78 is 13.5. The van der Waals surface area contributed by atoms with E-state index in [1.807, 2.05) is 0 Å². The molecule has 1 aromatic carbocycles. The van der Waals surface area contributed by atoms with E-state index >= 15 is 0 Å². The Morgan fingerprint density at radius 2 is 1.84 bits per heavy atom. The van der Waals surface area contributed by atoms with Crippen molar-refractivity contribution in [1.29, 1.82) is 0 Å². The van der Waals surface area contributed by atoms with Gasteiger partial charge in [0.25, 0.3) is 0 Å². The molecule has 0 heterocycles. The summed E-state index contributed by atoms with van der Waals surface area (Å²) in [6.07, 6.45) is 0. The van der Waals surface area contributed by atoms with Crippen molar-refractivity contribution in [2.45, 2.75) is 27.7 Å². The number of hydrogen-bond donors (Lipinski definition) is 1. The van der Waals surface area contributed by atoms with E-state index in [0.29, 0.717) is 24.3 Å². The summed E-state index contributed by atoms with van der Waals surface area (Å²) in [5.74, 6) is 0.490. The zero-order valence-corrected chi connectivity index (χ0v) is 11.8. The van der Waals surface area contributed by atoms with Gasteiger partial charge in [-0.05, 0) is 29.9 Å². The second kappa shape index (κ2) is 6.50. The third-order valence-corrected chi connectivity index (χ3v) is 3.41. The summed E-state index contributed by atoms with van der Waals surface area (Å²) in [7, 11) is 0. The molecule has 0 saturated carbocycles. The monoisotopic (exact) mass is 268 g/mol. The molecule has 0 bridgehead atoms. The molecule has 0 aliphatic heterocycles. The molecule has 0 aliphatic rings. The second-order valence-electron chi connectivity index (χ2n) is 5.43. The zero-order valence-electron chi connectivity index (χ0n) is 11.8. The Balaban J connectivity index is 2.88. The van der Waals surface area contributed by atoms with Crippen LogP contribution in [0.2, 0.25) is 0 Å². The van der Waals surface area contributed by atoms with Crippen LogP contribution in [0.25, 0.3) is 0 Å². The first-order chi connectivity index (χ1) is 8.84. The zero-order chi connectivity index (χ0) is 14.6. The number of rotatable bonds is 6. The van der Waals surface area contributed by atoms with Crippen molar-refractivity contribution in [3.8, 4) is 0 Å². The molecule has 5 heteroatoms. The van der Waals surface area contributed by atoms with E-state index in [9.17, 15) is 14.5 Å². The average molecular weight is 268 g/mol. The van der Waals surface area contributed by atoms with Crippen LogP contribution < -0.4 is 5.32 Å². The van der Waals surface area contributed by atoms with Crippen molar-refractivity contribution in [3.63, 3.8) is 0 Å². The quantitative estimate of drug-likeness (QED) is 0.625. The fraction of sp³-hybridized carbons (Fsp3) is 0.571. The van der Waals surface area contributed by atoms with Crippen molar-refractivity contribution in [2.75, 3.05) is 11.9 Å². The summed E-state index contributed by atoms with van der Waals surface area (Å²) in [6, 6.07) is 4.12. The molecule has 0 saturated heterocycles. The number of halogens is 1. The van der Waals surface area contributed by atoms with E-state index in [1.54, 1.807) is 6.07 Å². The number of benzene rings is 1. The van der Waals surface area contributed by atoms with Gasteiger partial charge in [0, 0.05) is 6.54 Å². The van der Waals surface area contributed by atoms with Gasteiger partial charge in [-0.1, -0.05) is 33.8 Å². The van der Waals surface area contributed by atoms with Crippen molar-refractivity contribution in [3.05, 3.63) is 34.1 Å². The van der Waals surface area contributed by atoms with Crippen LogP contribution in [-0.2, 0) is 0 Å². The topological polar surface area (TPSA) is 55.2 Å². The van der Waals surface area contributed by atoms with Gasteiger partial charge in [-0.25, -0.2) is 0 Å². The first-order valence-electron chi connectivity index (χ1n) is 6.51. The minimum atomic E-state index is -0.805. The maximum absolute atomic E-state index is 13.5. The number of hydrogen-bond acceptors (Lipinski definition) is 3. The number of nitrogens with one attached hydrogen (secondary N) is 1. The molecule has 19 heavy (non-hydrogen) atoms. The lowest BCUT2D eigenvalue weighted by Crippen LogP contribution is -2.24. The fourth-order valence-electron chi connectivity index (χ4n) is 2.31. The summed E-state index contributed by atoms with van der Waals surface area (Å²) in [5, 5.41) is 13.9. The normalized spacial score (nSPS) is 11.4. The van der Waals surface area contributed by atoms with E-state index in [1.165, 1.54) is 6.07 Å². The largest absolute Gasteiger partial charge is 0.379 e. The van der Waals surface area contributed by atoms with Crippen LogP contribution in [0.5, 0.6) is 0 Å². The van der Waals surface area contributed by atoms with Gasteiger partial charge in [-0.3, -0.25) is 10.1 Å². The molecule has 0 radical (unpaired) electrons. The Bertz CT molecular complexity index is 439. The van der Waals surface area contributed by atoms with Crippen molar-refractivity contribution < 1.29 is 9.31 Å². The molecule has 0 atom stereocenters. The van der Waals surface area contributed by atoms with Crippen LogP contribution in [0, 0.1) is 33.7 Å². The molecule has 106 valence electrons. The molecule has 0 unspecified atom stereocenters. The van der Waals surface area contributed by atoms with E-state index in [2.05, 4.69) is 33.0 Å². The highest BCUT2D eigenvalue weighted by Crippen LogP contribution is 2.28. The lowest BCUT2D eigenvalue weighted by Gasteiger charge is -2.25. The number of anilines is 1. The van der Waals surface area contributed by atoms with Gasteiger partial charge in [-0.15, -0.1) is 0 Å². The van der Waals surface area contributed by atoms with Crippen molar-refractivity contribution in [2.24, 2.45) is 17.8 Å². The van der Waals surface area contributed by atoms with Gasteiger partial charge < -0.3 is 5.32 Å². The van der Waals surface area contributed by atoms with Crippen LogP contribution in [0.3, 0.4) is 0 Å². The molecule has 1 aromatic rings. The highest BCUT2D eigenvalue weighted by molar-refractivity contribution is 5.61. The molecule has 1 rings (SSSR count). The van der Waals surface area contributed by atoms with Gasteiger partial charge in [0.15, 0.2) is 0 Å². The minimum absolute atomic E-state index is 0.247. The fourth-order valence-corrected chi connectivity index (χ4v) is 2.31. The van der Waals surface area contributed by atoms with Gasteiger partial charge in [0.2, 0.25) is 5.82 Å². The minimum Gasteiger partial charge on any atom is -0.379 e. The van der Waals surface area contributed by atoms with E-state index in [4.69, 9.17) is 0 Å². The molecule has 0 spiro atoms. The van der Waals surface area contributed by atoms with E-state index in [-0.39, 0.29) is 5.69 Å². The Morgan fingerprint density at radius 3 is 2.32 bits per heavy atom. The highest BCUT2D eigenvalue weighted by atomic mass is 19.1. The SMILES string of the molecule is CC(C)C(CNc1cccc(F)c1[N+](=O)[O-])C(C)C. The Labute approximate surface area is 113 Å². The molecular formula is C14H21FN2O2. The maximum atomic E-state index is 13.5. The standard InChI is InChI=1S/C14H21FN2O2/c1-9(2)11(10(3)4)8-16-13-7-5-6-12(15)14(13)17(18)19/h5-7,9-11,16H,8H2,1-4H3. The summed E-state index contributed by atoms with van der Waals surface area (Å²) in [6.45, 7) is 9.07. The molecule has 1 N–H and O–H groups in total. The van der Waals surface area contributed by atoms with E-state index < -0.39 is 16.4 Å². The van der Waals surface area contributed by atoms with Crippen molar-refractivity contribution >= 4 is 11.4 Å². The van der Waals surface area contributed by atoms with Gasteiger partial charge in [-0.2, -0.15) is 4.39 Å². The van der Waals surface area contributed by atoms with Gasteiger partial charge >= 0.3 is 5.69 Å². The predicted octanol–water partition coefficient (Wildman–Crippen LogP) is 4.07. The Morgan fingerprint density at radius 1 is 1.26 bits per heavy atom. The third-order valence-electron chi connectivity index (χ3n) is 3.41. The molecule has 4 nitrogen and oxygen atoms in total. The third kappa shape index (κ3) is 3.91. The first-order valence-corrected chi connectivity index (χ1v) is 6.51. The molecule has 0 aliphatic carbocycles. The Hall–Kier alpha value is -1.65. The Kier molecular flexibility index (Phi) is 5.27. The number of nitro benzene ring substituents is 1. The van der Waals surface area contributed by atoms with Gasteiger partial charge in [0.05, 0.1) is 4.92 Å². The maximum Gasteiger partial charge on any atom is 0.327 e. The van der Waals surface area contributed by atoms with Crippen LogP contribution in [-0.4, -0.2) is 11.5 Å². The molecule has 0 amide bonds. The number of para-hydroxylation sites is 1. The van der Waals surface area contributed by atoms with Crippen LogP contribution >= 0.6 is 0 Å². The van der Waals surface area contributed by atoms with Crippen LogP contribution in [0.1, 0.15) is 27.7 Å². The summed E-state index contributed by atoms with van der Waals surface area (Å²) in [5.41, 5.74) is -0.231. The van der Waals surface area contributed by atoms with E-state index in [0.717, 1.165) is 6.07 Å². The molecule has 0 fully saturated rings. The van der Waals surface area contributed by atoms with Crippen LogP contribution in [0.4, 0.5) is 15.8 Å². The highest BCUT2D eigenvalue weighted by Gasteiger charge is 2.22. The lowest BCUT2D eigenvalue weighted by atomic mass is 9.85. The average Bonchev–Trinajstić information content (AvgIpc) is 2.27. The molecule has 0 aromatic heterocycles. The smallest absolute Gasteiger partial charge is 0.327 e. The first kappa shape index (κ1) is 15.4. The number of nitro groups is 1. The van der Waals surface area contributed by atoms with Gasteiger partial charge in [0.1, 0.15) is 5.69 Å².